The van der Waals surface area contributed by atoms with Crippen molar-refractivity contribution in [3.05, 3.63) is 101 Å². The van der Waals surface area contributed by atoms with Crippen molar-refractivity contribution in [2.75, 3.05) is 4.90 Å². The Balaban J connectivity index is 1.45. The van der Waals surface area contributed by atoms with Gasteiger partial charge in [0, 0.05) is 0 Å². The molecule has 1 aliphatic rings. The average molecular weight is 448 g/mol. The van der Waals surface area contributed by atoms with Crippen LogP contribution in [0.2, 0.25) is 0 Å². The minimum Gasteiger partial charge on any atom is -0.268 e. The highest BCUT2D eigenvalue weighted by Gasteiger charge is 2.36. The Labute approximate surface area is 188 Å². The van der Waals surface area contributed by atoms with Gasteiger partial charge in [0.1, 0.15) is 0 Å². The van der Waals surface area contributed by atoms with Crippen LogP contribution in [-0.4, -0.2) is 25.5 Å². The third-order valence-corrected chi connectivity index (χ3v) is 7.95. The van der Waals surface area contributed by atoms with Gasteiger partial charge in [-0.1, -0.05) is 48.5 Å². The number of fused-ring (bicyclic) bond motifs is 1. The van der Waals surface area contributed by atoms with Gasteiger partial charge < -0.3 is 0 Å². The monoisotopic (exact) mass is 447 g/mol. The van der Waals surface area contributed by atoms with Crippen molar-refractivity contribution in [3.63, 3.8) is 0 Å². The fourth-order valence-electron chi connectivity index (χ4n) is 3.74. The van der Waals surface area contributed by atoms with Crippen LogP contribution in [0.15, 0.2) is 72.8 Å². The Morgan fingerprint density at radius 1 is 0.719 bits per heavy atom. The van der Waals surface area contributed by atoms with Gasteiger partial charge in [0.2, 0.25) is 0 Å². The fraction of sp³-hybridized carbons (Fsp3) is 0.231. The largest absolute Gasteiger partial charge is 0.268 e. The molecule has 0 unspecified atom stereocenters. The molecule has 0 saturated heterocycles. The van der Waals surface area contributed by atoms with E-state index in [1.54, 1.807) is 44.2 Å². The second kappa shape index (κ2) is 8.71. The number of rotatable bonds is 7. The molecule has 0 saturated carbocycles. The molecule has 6 heteroatoms. The molecule has 0 atom stereocenters. The summed E-state index contributed by atoms with van der Waals surface area (Å²) in [5.74, 6) is -0.549. The first-order valence-corrected chi connectivity index (χ1v) is 12.3. The highest BCUT2D eigenvalue weighted by Crippen LogP contribution is 2.29. The van der Waals surface area contributed by atoms with Crippen LogP contribution in [0.5, 0.6) is 0 Å². The number of carbonyl (C=O) groups excluding carboxylic acids is 2. The fourth-order valence-corrected chi connectivity index (χ4v) is 4.74. The van der Waals surface area contributed by atoms with Gasteiger partial charge in [0.25, 0.3) is 11.8 Å². The molecule has 0 N–H and O–H groups in total. The average Bonchev–Trinajstić information content (AvgIpc) is 3.03. The molecule has 1 aliphatic heterocycles. The standard InChI is InChI=1S/C26H25NO4S/c1-18(2)32(30,31)17-21-12-9-19(10-13-21)8-11-20-14-15-23-24(16-20)26(29)27(25(23)28)22-6-4-3-5-7-22/h3-7,9-10,12-16,18H,8,11,17H2,1-2H3. The maximum atomic E-state index is 12.9. The van der Waals surface area contributed by atoms with E-state index in [0.717, 1.165) is 23.1 Å². The van der Waals surface area contributed by atoms with Crippen LogP contribution in [-0.2, 0) is 28.4 Å². The Morgan fingerprint density at radius 2 is 1.28 bits per heavy atom. The Hall–Kier alpha value is -3.25. The van der Waals surface area contributed by atoms with Gasteiger partial charge in [0.05, 0.1) is 27.8 Å². The molecular weight excluding hydrogens is 422 g/mol. The van der Waals surface area contributed by atoms with E-state index < -0.39 is 15.1 Å². The molecule has 1 heterocycles. The Morgan fingerprint density at radius 3 is 1.94 bits per heavy atom. The van der Waals surface area contributed by atoms with Crippen molar-refractivity contribution in [1.82, 2.24) is 0 Å². The molecule has 3 aromatic rings. The van der Waals surface area contributed by atoms with Crippen molar-refractivity contribution in [2.45, 2.75) is 37.7 Å². The van der Waals surface area contributed by atoms with Crippen LogP contribution in [0.4, 0.5) is 5.69 Å². The molecule has 0 fully saturated rings. The smallest absolute Gasteiger partial charge is 0.266 e. The van der Waals surface area contributed by atoms with Crippen LogP contribution in [0.25, 0.3) is 0 Å². The van der Waals surface area contributed by atoms with Gasteiger partial charge >= 0.3 is 0 Å². The molecule has 164 valence electrons. The van der Waals surface area contributed by atoms with E-state index in [-0.39, 0.29) is 17.6 Å². The van der Waals surface area contributed by atoms with Crippen molar-refractivity contribution in [2.24, 2.45) is 0 Å². The zero-order chi connectivity index (χ0) is 22.9. The summed E-state index contributed by atoms with van der Waals surface area (Å²) >= 11 is 0. The van der Waals surface area contributed by atoms with E-state index in [4.69, 9.17) is 0 Å². The summed E-state index contributed by atoms with van der Waals surface area (Å²) < 4.78 is 24.2. The van der Waals surface area contributed by atoms with Crippen molar-refractivity contribution >= 4 is 27.3 Å². The molecule has 5 nitrogen and oxygen atoms in total. The van der Waals surface area contributed by atoms with Gasteiger partial charge in [-0.05, 0) is 67.6 Å². The van der Waals surface area contributed by atoms with Crippen LogP contribution in [0.3, 0.4) is 0 Å². The van der Waals surface area contributed by atoms with Crippen LogP contribution in [0.1, 0.15) is 51.3 Å². The number of anilines is 1. The molecule has 0 radical (unpaired) electrons. The SMILES string of the molecule is CC(C)S(=O)(=O)Cc1ccc(CCc2ccc3c(c2)C(=O)N(c2ccccc2)C3=O)cc1. The molecule has 4 rings (SSSR count). The number of amides is 2. The zero-order valence-corrected chi connectivity index (χ0v) is 18.9. The first-order valence-electron chi connectivity index (χ1n) is 10.6. The third kappa shape index (κ3) is 4.36. The van der Waals surface area contributed by atoms with Crippen LogP contribution < -0.4 is 4.90 Å². The lowest BCUT2D eigenvalue weighted by atomic mass is 10.00. The first-order chi connectivity index (χ1) is 15.3. The van der Waals surface area contributed by atoms with Crippen LogP contribution >= 0.6 is 0 Å². The molecule has 0 aromatic heterocycles. The summed E-state index contributed by atoms with van der Waals surface area (Å²) in [6, 6.07) is 22.0. The number of sulfone groups is 1. The second-order valence-corrected chi connectivity index (χ2v) is 10.9. The number of aryl methyl sites for hydroxylation is 2. The van der Waals surface area contributed by atoms with E-state index in [1.807, 2.05) is 42.5 Å². The highest BCUT2D eigenvalue weighted by molar-refractivity contribution is 7.91. The maximum Gasteiger partial charge on any atom is 0.266 e. The number of para-hydroxylation sites is 1. The Kier molecular flexibility index (Phi) is 5.98. The van der Waals surface area contributed by atoms with Crippen molar-refractivity contribution in [3.8, 4) is 0 Å². The third-order valence-electron chi connectivity index (χ3n) is 5.78. The summed E-state index contributed by atoms with van der Waals surface area (Å²) in [4.78, 5) is 26.8. The van der Waals surface area contributed by atoms with E-state index in [0.29, 0.717) is 23.2 Å². The topological polar surface area (TPSA) is 71.5 Å². The van der Waals surface area contributed by atoms with Crippen LogP contribution in [0, 0.1) is 0 Å². The highest BCUT2D eigenvalue weighted by atomic mass is 32.2. The van der Waals surface area contributed by atoms with Gasteiger partial charge in [0.15, 0.2) is 9.84 Å². The Bertz CT molecular complexity index is 1260. The van der Waals surface area contributed by atoms with E-state index in [2.05, 4.69) is 0 Å². The molecule has 32 heavy (non-hydrogen) atoms. The number of imide groups is 1. The minimum atomic E-state index is -3.12. The van der Waals surface area contributed by atoms with Gasteiger partial charge in [-0.3, -0.25) is 9.59 Å². The molecule has 2 amide bonds. The summed E-state index contributed by atoms with van der Waals surface area (Å²) in [5.41, 5.74) is 4.28. The quantitative estimate of drug-likeness (QED) is 0.497. The van der Waals surface area contributed by atoms with Gasteiger partial charge in [-0.25, -0.2) is 13.3 Å². The number of benzene rings is 3. The van der Waals surface area contributed by atoms with E-state index >= 15 is 0 Å². The first kappa shape index (κ1) is 22.0. The van der Waals surface area contributed by atoms with E-state index in [1.165, 1.54) is 4.90 Å². The second-order valence-electron chi connectivity index (χ2n) is 8.33. The summed E-state index contributed by atoms with van der Waals surface area (Å²) in [7, 11) is -3.12. The summed E-state index contributed by atoms with van der Waals surface area (Å²) in [6.07, 6.45) is 1.46. The lowest BCUT2D eigenvalue weighted by molar-refractivity contribution is 0.0926. The maximum absolute atomic E-state index is 12.9. The molecular formula is C26H25NO4S. The van der Waals surface area contributed by atoms with Gasteiger partial charge in [-0.15, -0.1) is 0 Å². The lowest BCUT2D eigenvalue weighted by Crippen LogP contribution is -2.29. The summed E-state index contributed by atoms with van der Waals surface area (Å²) in [6.45, 7) is 3.38. The minimum absolute atomic E-state index is 0.0455. The summed E-state index contributed by atoms with van der Waals surface area (Å²) in [5, 5.41) is -0.394. The van der Waals surface area contributed by atoms with Crippen molar-refractivity contribution < 1.29 is 18.0 Å². The normalized spacial score (nSPS) is 13.7. The number of hydrogen-bond donors (Lipinski definition) is 0. The predicted octanol–water partition coefficient (Wildman–Crippen LogP) is 4.60. The molecule has 0 bridgehead atoms. The van der Waals surface area contributed by atoms with Gasteiger partial charge in [-0.2, -0.15) is 0 Å². The lowest BCUT2D eigenvalue weighted by Gasteiger charge is -2.13. The molecule has 0 aliphatic carbocycles. The number of carbonyl (C=O) groups is 2. The van der Waals surface area contributed by atoms with Crippen molar-refractivity contribution in [1.29, 1.82) is 0 Å². The van der Waals surface area contributed by atoms with E-state index in [9.17, 15) is 18.0 Å². The zero-order valence-electron chi connectivity index (χ0n) is 18.1. The number of nitrogens with zero attached hydrogens (tertiary/aromatic N) is 1. The predicted molar refractivity (Wildman–Crippen MR) is 126 cm³/mol. The number of hydrogen-bond acceptors (Lipinski definition) is 4. The molecule has 3 aromatic carbocycles. The molecule has 0 spiro atoms.